The number of unbranched alkanes of at least 4 members (excludes halogenated alkanes) is 1. The smallest absolute Gasteiger partial charge is 0.426 e. The van der Waals surface area contributed by atoms with Gasteiger partial charge >= 0.3 is 12.2 Å². The Morgan fingerprint density at radius 2 is 1.44 bits per heavy atom. The first-order chi connectivity index (χ1) is 18.5. The maximum absolute atomic E-state index is 14.8. The third-order valence-electron chi connectivity index (χ3n) is 7.01. The Morgan fingerprint density at radius 3 is 2.05 bits per heavy atom. The van der Waals surface area contributed by atoms with E-state index in [-0.39, 0.29) is 18.8 Å². The van der Waals surface area contributed by atoms with Crippen LogP contribution in [0.4, 0.5) is 30.7 Å². The summed E-state index contributed by atoms with van der Waals surface area (Å²) in [6.45, 7) is 2.02. The molecule has 0 radical (unpaired) electrons. The van der Waals surface area contributed by atoms with Crippen molar-refractivity contribution >= 4 is 0 Å². The van der Waals surface area contributed by atoms with Crippen LogP contribution in [0.2, 0.25) is 0 Å². The van der Waals surface area contributed by atoms with Crippen LogP contribution >= 0.6 is 0 Å². The van der Waals surface area contributed by atoms with Gasteiger partial charge in [0.25, 0.3) is 0 Å². The van der Waals surface area contributed by atoms with Gasteiger partial charge in [-0.25, -0.2) is 13.2 Å². The highest BCUT2D eigenvalue weighted by atomic mass is 19.3. The number of alkyl halides is 4. The Kier molecular flexibility index (Phi) is 8.89. The van der Waals surface area contributed by atoms with Crippen LogP contribution in [0, 0.1) is 17.5 Å². The average Bonchev–Trinajstić information content (AvgIpc) is 2.89. The summed E-state index contributed by atoms with van der Waals surface area (Å²) >= 11 is 0. The van der Waals surface area contributed by atoms with Crippen LogP contribution in [-0.4, -0.2) is 6.10 Å². The van der Waals surface area contributed by atoms with Crippen molar-refractivity contribution in [2.75, 3.05) is 0 Å². The standard InChI is InChI=1S/C30H29F7O2/c1-2-3-4-19-5-10-22(11-6-19)29(34,35)39-24-14-15-25(27(32)18-24)30(36,37)38-23-12-7-20(8-13-23)21-9-16-26(31)28(33)17-21/h5-6,9-11,14-18,20,23H,2-4,7-8,12-13H2,1H3. The molecule has 3 aromatic carbocycles. The molecule has 0 aromatic heterocycles. The largest absolute Gasteiger partial charge is 0.429 e. The van der Waals surface area contributed by atoms with Crippen molar-refractivity contribution in [2.24, 2.45) is 0 Å². The number of halogens is 7. The lowest BCUT2D eigenvalue weighted by Gasteiger charge is -2.31. The molecule has 0 amide bonds. The molecule has 1 aliphatic rings. The molecule has 1 aliphatic carbocycles. The lowest BCUT2D eigenvalue weighted by Crippen LogP contribution is -2.30. The van der Waals surface area contributed by atoms with Gasteiger partial charge in [0.2, 0.25) is 0 Å². The number of rotatable bonds is 10. The Bertz CT molecular complexity index is 1250. The van der Waals surface area contributed by atoms with E-state index in [9.17, 15) is 30.7 Å². The van der Waals surface area contributed by atoms with E-state index >= 15 is 0 Å². The summed E-state index contributed by atoms with van der Waals surface area (Å²) in [6, 6.07) is 11.2. The van der Waals surface area contributed by atoms with E-state index in [1.165, 1.54) is 18.2 Å². The molecule has 0 spiro atoms. The van der Waals surface area contributed by atoms with Crippen molar-refractivity contribution in [2.45, 2.75) is 76.1 Å². The van der Waals surface area contributed by atoms with Gasteiger partial charge in [0.1, 0.15) is 11.6 Å². The molecule has 3 aromatic rings. The molecule has 39 heavy (non-hydrogen) atoms. The van der Waals surface area contributed by atoms with Gasteiger partial charge < -0.3 is 9.47 Å². The molecule has 4 rings (SSSR count). The van der Waals surface area contributed by atoms with E-state index in [0.29, 0.717) is 30.5 Å². The molecule has 0 unspecified atom stereocenters. The third-order valence-corrected chi connectivity index (χ3v) is 7.01. The van der Waals surface area contributed by atoms with E-state index in [0.717, 1.165) is 43.0 Å². The number of ether oxygens (including phenoxy) is 2. The van der Waals surface area contributed by atoms with Crippen molar-refractivity contribution in [3.05, 3.63) is 100 Å². The van der Waals surface area contributed by atoms with Crippen LogP contribution in [0.3, 0.4) is 0 Å². The zero-order valence-corrected chi connectivity index (χ0v) is 21.3. The summed E-state index contributed by atoms with van der Waals surface area (Å²) in [5.41, 5.74) is -0.0714. The average molecular weight is 555 g/mol. The molecular weight excluding hydrogens is 525 g/mol. The summed E-state index contributed by atoms with van der Waals surface area (Å²) in [6.07, 6.45) is -4.88. The highest BCUT2D eigenvalue weighted by molar-refractivity contribution is 5.32. The third kappa shape index (κ3) is 7.12. The first-order valence-electron chi connectivity index (χ1n) is 13.0. The highest BCUT2D eigenvalue weighted by Gasteiger charge is 2.41. The molecule has 0 saturated heterocycles. The van der Waals surface area contributed by atoms with E-state index in [1.807, 2.05) is 6.92 Å². The molecular formula is C30H29F7O2. The Labute approximate surface area is 222 Å². The first kappa shape index (κ1) is 28.9. The van der Waals surface area contributed by atoms with Gasteiger partial charge in [-0.15, -0.1) is 0 Å². The van der Waals surface area contributed by atoms with Crippen LogP contribution < -0.4 is 4.74 Å². The van der Waals surface area contributed by atoms with Crippen LogP contribution in [0.5, 0.6) is 5.75 Å². The van der Waals surface area contributed by atoms with Crippen LogP contribution in [0.15, 0.2) is 60.7 Å². The molecule has 0 atom stereocenters. The van der Waals surface area contributed by atoms with Crippen LogP contribution in [0.1, 0.15) is 73.6 Å². The topological polar surface area (TPSA) is 18.5 Å². The van der Waals surface area contributed by atoms with Crippen molar-refractivity contribution in [1.29, 1.82) is 0 Å². The molecule has 2 nitrogen and oxygen atoms in total. The zero-order chi connectivity index (χ0) is 28.2. The minimum absolute atomic E-state index is 0.143. The number of hydrogen-bond acceptors (Lipinski definition) is 2. The normalized spacial score (nSPS) is 18.3. The lowest BCUT2D eigenvalue weighted by molar-refractivity contribution is -0.278. The Balaban J connectivity index is 1.37. The maximum Gasteiger partial charge on any atom is 0.426 e. The zero-order valence-electron chi connectivity index (χ0n) is 21.3. The molecule has 1 fully saturated rings. The highest BCUT2D eigenvalue weighted by Crippen LogP contribution is 2.41. The quantitative estimate of drug-likeness (QED) is 0.233. The molecule has 1 saturated carbocycles. The minimum atomic E-state index is -4.01. The van der Waals surface area contributed by atoms with Crippen LogP contribution in [-0.2, 0) is 23.4 Å². The SMILES string of the molecule is CCCCc1ccc(C(F)(F)Oc2ccc(C(F)(F)OC3CCC(c4ccc(F)c(F)c4)CC3)c(F)c2)cc1. The maximum atomic E-state index is 14.8. The fraction of sp³-hybridized carbons (Fsp3) is 0.400. The van der Waals surface area contributed by atoms with Gasteiger partial charge in [-0.2, -0.15) is 17.6 Å². The fourth-order valence-electron chi connectivity index (χ4n) is 4.80. The summed E-state index contributed by atoms with van der Waals surface area (Å²) in [5, 5.41) is 0. The summed E-state index contributed by atoms with van der Waals surface area (Å²) in [4.78, 5) is 0. The molecule has 210 valence electrons. The second-order valence-corrected chi connectivity index (χ2v) is 9.84. The molecule has 0 aliphatic heterocycles. The van der Waals surface area contributed by atoms with E-state index in [2.05, 4.69) is 4.74 Å². The molecule has 0 bridgehead atoms. The van der Waals surface area contributed by atoms with Gasteiger partial charge in [-0.3, -0.25) is 0 Å². The van der Waals surface area contributed by atoms with Gasteiger partial charge in [-0.05, 0) is 92.0 Å². The van der Waals surface area contributed by atoms with Crippen LogP contribution in [0.25, 0.3) is 0 Å². The summed E-state index contributed by atoms with van der Waals surface area (Å²) in [7, 11) is 0. The van der Waals surface area contributed by atoms with Gasteiger partial charge in [-0.1, -0.05) is 31.5 Å². The molecule has 0 heterocycles. The predicted molar refractivity (Wildman–Crippen MR) is 132 cm³/mol. The van der Waals surface area contributed by atoms with Gasteiger partial charge in [0.15, 0.2) is 11.6 Å². The number of hydrogen-bond donors (Lipinski definition) is 0. The van der Waals surface area contributed by atoms with Crippen molar-refractivity contribution in [3.63, 3.8) is 0 Å². The number of aryl methyl sites for hydroxylation is 1. The molecule has 0 N–H and O–H groups in total. The summed E-state index contributed by atoms with van der Waals surface area (Å²) in [5.74, 6) is -4.14. The van der Waals surface area contributed by atoms with Crippen molar-refractivity contribution in [1.82, 2.24) is 0 Å². The Morgan fingerprint density at radius 1 is 0.744 bits per heavy atom. The van der Waals surface area contributed by atoms with Gasteiger partial charge in [0, 0.05) is 6.07 Å². The second kappa shape index (κ2) is 12.0. The molecule has 9 heteroatoms. The van der Waals surface area contributed by atoms with Crippen molar-refractivity contribution in [3.8, 4) is 5.75 Å². The lowest BCUT2D eigenvalue weighted by atomic mass is 9.82. The predicted octanol–water partition coefficient (Wildman–Crippen LogP) is 9.37. The van der Waals surface area contributed by atoms with E-state index in [4.69, 9.17) is 4.74 Å². The Hall–Kier alpha value is -3.07. The van der Waals surface area contributed by atoms with E-state index in [1.54, 1.807) is 12.1 Å². The minimum Gasteiger partial charge on any atom is -0.429 e. The fourth-order valence-corrected chi connectivity index (χ4v) is 4.80. The van der Waals surface area contributed by atoms with Gasteiger partial charge in [0.05, 0.1) is 17.2 Å². The van der Waals surface area contributed by atoms with E-state index < -0.39 is 52.6 Å². The summed E-state index contributed by atoms with van der Waals surface area (Å²) < 4.78 is 110. The number of benzene rings is 3. The van der Waals surface area contributed by atoms with Crippen molar-refractivity contribution < 1.29 is 40.2 Å². The second-order valence-electron chi connectivity index (χ2n) is 9.84. The first-order valence-corrected chi connectivity index (χ1v) is 13.0. The monoisotopic (exact) mass is 554 g/mol.